The van der Waals surface area contributed by atoms with Gasteiger partial charge in [-0.3, -0.25) is 9.59 Å². The van der Waals surface area contributed by atoms with Gasteiger partial charge in [-0.15, -0.1) is 11.6 Å². The summed E-state index contributed by atoms with van der Waals surface area (Å²) in [5.41, 5.74) is 5.60. The quantitative estimate of drug-likeness (QED) is 0.172. The average Bonchev–Trinajstić information content (AvgIpc) is 2.40. The molecule has 0 radical (unpaired) electrons. The number of carbonyl (C=O) groups excluding carboxylic acids is 2. The number of nitrogens with zero attached hydrogens (tertiary/aromatic N) is 2. The second-order valence-electron chi connectivity index (χ2n) is 6.39. The van der Waals surface area contributed by atoms with Gasteiger partial charge in [0.05, 0.1) is 41.4 Å². The van der Waals surface area contributed by atoms with Crippen LogP contribution in [0.1, 0.15) is 19.8 Å². The highest BCUT2D eigenvalue weighted by molar-refractivity contribution is 6.27. The summed E-state index contributed by atoms with van der Waals surface area (Å²) in [6, 6.07) is 0. The minimum atomic E-state index is -0.312. The smallest absolute Gasteiger partial charge is 0.269 e. The zero-order chi connectivity index (χ0) is 17.9. The zero-order valence-corrected chi connectivity index (χ0v) is 15.6. The second-order valence-corrected chi connectivity index (χ2v) is 6.66. The summed E-state index contributed by atoms with van der Waals surface area (Å²) < 4.78 is 0.399. The molecular weight excluding hydrogens is 324 g/mol. The van der Waals surface area contributed by atoms with E-state index in [4.69, 9.17) is 21.4 Å². The summed E-state index contributed by atoms with van der Waals surface area (Å²) >= 11 is 5.46. The molecule has 0 aromatic rings. The van der Waals surface area contributed by atoms with Crippen molar-refractivity contribution in [3.63, 3.8) is 0 Å². The van der Waals surface area contributed by atoms with E-state index in [1.165, 1.54) is 0 Å². The Hall–Kier alpha value is -0.930. The molecule has 0 bridgehead atoms. The van der Waals surface area contributed by atoms with Crippen LogP contribution < -0.4 is 10.9 Å². The molecule has 9 heteroatoms. The number of alkyl halides is 1. The fourth-order valence-electron chi connectivity index (χ4n) is 2.01. The van der Waals surface area contributed by atoms with Crippen LogP contribution in [-0.4, -0.2) is 81.4 Å². The average molecular weight is 355 g/mol. The number of hydrogen-bond acceptors (Lipinski definition) is 4. The largest absolute Gasteiger partial charge is 0.322 e. The summed E-state index contributed by atoms with van der Waals surface area (Å²) in [4.78, 5) is 33.2. The van der Waals surface area contributed by atoms with Crippen molar-refractivity contribution < 1.29 is 28.5 Å². The first-order valence-corrected chi connectivity index (χ1v) is 8.24. The molecule has 0 aliphatic heterocycles. The molecule has 0 saturated heterocycles. The Kier molecular flexibility index (Phi) is 10.3. The molecule has 0 aliphatic rings. The van der Waals surface area contributed by atoms with Crippen LogP contribution >= 0.6 is 11.6 Å². The predicted octanol–water partition coefficient (Wildman–Crippen LogP) is 0.189. The molecular formula is C14H31ClN4O4+2. The number of likely N-dealkylation sites (N-methyl/N-ethyl adjacent to an activating group) is 1. The van der Waals surface area contributed by atoms with Crippen LogP contribution in [0.5, 0.6) is 0 Å². The molecule has 0 atom stereocenters. The van der Waals surface area contributed by atoms with Crippen molar-refractivity contribution in [1.82, 2.24) is 10.9 Å². The number of amides is 2. The summed E-state index contributed by atoms with van der Waals surface area (Å²) in [7, 11) is 7.29. The van der Waals surface area contributed by atoms with E-state index >= 15 is 0 Å². The van der Waals surface area contributed by atoms with E-state index in [1.807, 2.05) is 21.0 Å². The number of quaternary nitrogens is 2. The first-order chi connectivity index (χ1) is 10.6. The zero-order valence-electron chi connectivity index (χ0n) is 14.9. The summed E-state index contributed by atoms with van der Waals surface area (Å²) in [6.07, 6.45) is 1.74. The number of unbranched alkanes of at least 4 members (excludes halogenated alkanes) is 1. The molecule has 0 aliphatic carbocycles. The van der Waals surface area contributed by atoms with Crippen LogP contribution in [0.2, 0.25) is 0 Å². The summed E-state index contributed by atoms with van der Waals surface area (Å²) in [5, 5.41) is 0. The van der Waals surface area contributed by atoms with E-state index in [1.54, 1.807) is 14.1 Å². The van der Waals surface area contributed by atoms with Crippen molar-refractivity contribution in [3.8, 4) is 0 Å². The van der Waals surface area contributed by atoms with E-state index in [0.717, 1.165) is 19.4 Å². The first-order valence-electron chi connectivity index (χ1n) is 7.70. The third kappa shape index (κ3) is 12.2. The lowest BCUT2D eigenvalue weighted by molar-refractivity contribution is -0.935. The number of carbonyl (C=O) groups is 2. The lowest BCUT2D eigenvalue weighted by atomic mass is 10.3. The van der Waals surface area contributed by atoms with Gasteiger partial charge in [0, 0.05) is 6.42 Å². The Bertz CT molecular complexity index is 378. The molecule has 0 aromatic heterocycles. The van der Waals surface area contributed by atoms with Crippen LogP contribution in [0.25, 0.3) is 0 Å². The van der Waals surface area contributed by atoms with E-state index in [2.05, 4.69) is 10.9 Å². The molecule has 2 N–H and O–H groups in total. The lowest BCUT2D eigenvalue weighted by Gasteiger charge is -2.32. The van der Waals surface area contributed by atoms with Crippen molar-refractivity contribution in [2.75, 3.05) is 60.4 Å². The molecule has 23 heavy (non-hydrogen) atoms. The number of halogens is 1. The maximum absolute atomic E-state index is 12.1. The van der Waals surface area contributed by atoms with Gasteiger partial charge >= 0.3 is 5.91 Å². The molecule has 8 nitrogen and oxygen atoms in total. The van der Waals surface area contributed by atoms with Gasteiger partial charge in [-0.05, 0) is 13.3 Å². The summed E-state index contributed by atoms with van der Waals surface area (Å²) in [6.45, 7) is 3.83. The fourth-order valence-corrected chi connectivity index (χ4v) is 2.06. The number of hydrogen-bond donors (Lipinski definition) is 2. The topological polar surface area (TPSA) is 76.7 Å². The van der Waals surface area contributed by atoms with Crippen molar-refractivity contribution in [2.45, 2.75) is 19.8 Å². The molecule has 0 aromatic carbocycles. The highest BCUT2D eigenvalue weighted by atomic mass is 35.5. The van der Waals surface area contributed by atoms with Gasteiger partial charge in [0.15, 0.2) is 6.54 Å². The molecule has 0 fully saturated rings. The van der Waals surface area contributed by atoms with Crippen LogP contribution in [0.3, 0.4) is 0 Å². The number of nitrogens with one attached hydrogen (secondary N) is 2. The Labute approximate surface area is 143 Å². The third-order valence-electron chi connectivity index (χ3n) is 2.91. The van der Waals surface area contributed by atoms with E-state index in [-0.39, 0.29) is 28.8 Å². The predicted molar refractivity (Wildman–Crippen MR) is 87.8 cm³/mol. The van der Waals surface area contributed by atoms with Gasteiger partial charge in [-0.2, -0.15) is 5.43 Å². The van der Waals surface area contributed by atoms with Crippen LogP contribution in [0.15, 0.2) is 0 Å². The molecule has 136 valence electrons. The Morgan fingerprint density at radius 3 is 2.13 bits per heavy atom. The number of rotatable bonds is 12. The van der Waals surface area contributed by atoms with Gasteiger partial charge < -0.3 is 0 Å². The van der Waals surface area contributed by atoms with Crippen LogP contribution in [0.4, 0.5) is 0 Å². The van der Waals surface area contributed by atoms with E-state index in [9.17, 15) is 9.59 Å². The SMILES string of the molecule is CCOOCCCC[N+](C)(C)NC(=O)C[N+](C)(C)NC(=O)CCl. The van der Waals surface area contributed by atoms with Gasteiger partial charge in [-0.1, -0.05) is 0 Å². The molecule has 0 heterocycles. The lowest BCUT2D eigenvalue weighted by Crippen LogP contribution is -2.62. The Morgan fingerprint density at radius 2 is 1.57 bits per heavy atom. The molecule has 0 rings (SSSR count). The van der Waals surface area contributed by atoms with Crippen LogP contribution in [0, 0.1) is 0 Å². The van der Waals surface area contributed by atoms with Crippen molar-refractivity contribution >= 4 is 23.4 Å². The standard InChI is InChI=1S/C14H29ClN4O4/c1-6-22-23-10-8-7-9-18(2,3)17-14(21)12-19(4,5)16-13(20)11-15/h6-12H2,1-5H3/p+2. The molecule has 0 unspecified atom stereocenters. The second kappa shape index (κ2) is 10.8. The highest BCUT2D eigenvalue weighted by Gasteiger charge is 2.27. The van der Waals surface area contributed by atoms with Crippen molar-refractivity contribution in [2.24, 2.45) is 0 Å². The minimum Gasteiger partial charge on any atom is -0.269 e. The van der Waals surface area contributed by atoms with Crippen LogP contribution in [-0.2, 0) is 19.4 Å². The highest BCUT2D eigenvalue weighted by Crippen LogP contribution is 2.00. The summed E-state index contributed by atoms with van der Waals surface area (Å²) in [5.74, 6) is -0.595. The Balaban J connectivity index is 4.12. The molecule has 0 saturated carbocycles. The normalized spacial score (nSPS) is 12.1. The minimum absolute atomic E-state index is 0.0413. The van der Waals surface area contributed by atoms with E-state index in [0.29, 0.717) is 17.8 Å². The maximum Gasteiger partial charge on any atom is 0.322 e. The fraction of sp³-hybridized carbons (Fsp3) is 0.857. The van der Waals surface area contributed by atoms with Gasteiger partial charge in [0.1, 0.15) is 12.4 Å². The van der Waals surface area contributed by atoms with E-state index < -0.39 is 0 Å². The van der Waals surface area contributed by atoms with Crippen molar-refractivity contribution in [1.29, 1.82) is 0 Å². The van der Waals surface area contributed by atoms with Gasteiger partial charge in [-0.25, -0.2) is 24.4 Å². The third-order valence-corrected chi connectivity index (χ3v) is 3.15. The van der Waals surface area contributed by atoms with Crippen molar-refractivity contribution in [3.05, 3.63) is 0 Å². The van der Waals surface area contributed by atoms with Gasteiger partial charge in [0.25, 0.3) is 5.91 Å². The maximum atomic E-state index is 12.1. The first kappa shape index (κ1) is 22.1. The molecule has 0 spiro atoms. The van der Waals surface area contributed by atoms with Gasteiger partial charge in [0.2, 0.25) is 0 Å². The molecule has 2 amide bonds. The Morgan fingerprint density at radius 1 is 0.957 bits per heavy atom. The monoisotopic (exact) mass is 354 g/mol.